The van der Waals surface area contributed by atoms with Crippen molar-refractivity contribution in [1.29, 1.82) is 5.26 Å². The molecule has 1 atom stereocenters. The number of morpholine rings is 1. The van der Waals surface area contributed by atoms with Crippen molar-refractivity contribution in [3.05, 3.63) is 35.1 Å². The number of nitrogens with zero attached hydrogens (tertiary/aromatic N) is 2. The minimum absolute atomic E-state index is 0.00209. The number of aliphatic hydroxyl groups is 1. The fourth-order valence-electron chi connectivity index (χ4n) is 2.03. The van der Waals surface area contributed by atoms with Crippen LogP contribution in [0.5, 0.6) is 0 Å². The molecule has 1 heterocycles. The van der Waals surface area contributed by atoms with E-state index in [4.69, 9.17) is 10.00 Å². The Balaban J connectivity index is 2.10. The maximum atomic E-state index is 13.8. The van der Waals surface area contributed by atoms with Gasteiger partial charge in [0.1, 0.15) is 5.82 Å². The smallest absolute Gasteiger partial charge is 0.129 e. The number of benzene rings is 1. The second kappa shape index (κ2) is 5.91. The van der Waals surface area contributed by atoms with E-state index in [1.807, 2.05) is 11.0 Å². The fraction of sp³-hybridized carbons (Fsp3) is 0.462. The van der Waals surface area contributed by atoms with Gasteiger partial charge in [-0.3, -0.25) is 4.90 Å². The summed E-state index contributed by atoms with van der Waals surface area (Å²) in [5.41, 5.74) is 0.853. The summed E-state index contributed by atoms with van der Waals surface area (Å²) in [6, 6.07) is 6.28. The summed E-state index contributed by atoms with van der Waals surface area (Å²) in [6.45, 7) is 2.15. The van der Waals surface area contributed by atoms with E-state index in [0.29, 0.717) is 37.4 Å². The van der Waals surface area contributed by atoms with Gasteiger partial charge in [0.2, 0.25) is 0 Å². The van der Waals surface area contributed by atoms with Crippen LogP contribution >= 0.6 is 0 Å². The van der Waals surface area contributed by atoms with Crippen LogP contribution in [0.4, 0.5) is 4.39 Å². The van der Waals surface area contributed by atoms with Crippen molar-refractivity contribution in [1.82, 2.24) is 4.90 Å². The third-order valence-corrected chi connectivity index (χ3v) is 3.12. The van der Waals surface area contributed by atoms with Gasteiger partial charge < -0.3 is 9.84 Å². The minimum Gasteiger partial charge on any atom is -0.395 e. The Kier molecular flexibility index (Phi) is 4.26. The normalized spacial score (nSPS) is 20.6. The van der Waals surface area contributed by atoms with E-state index >= 15 is 0 Å². The Morgan fingerprint density at radius 1 is 1.56 bits per heavy atom. The zero-order valence-electron chi connectivity index (χ0n) is 9.97. The molecule has 1 aliphatic heterocycles. The molecule has 1 saturated heterocycles. The van der Waals surface area contributed by atoms with Crippen LogP contribution in [0.15, 0.2) is 18.2 Å². The number of hydrogen-bond donors (Lipinski definition) is 1. The summed E-state index contributed by atoms with van der Waals surface area (Å²) in [5.74, 6) is -0.378. The molecule has 0 aliphatic carbocycles. The minimum atomic E-state index is -0.378. The zero-order chi connectivity index (χ0) is 13.0. The van der Waals surface area contributed by atoms with Gasteiger partial charge in [-0.1, -0.05) is 6.07 Å². The Labute approximate surface area is 105 Å². The number of ether oxygens (including phenoxy) is 1. The van der Waals surface area contributed by atoms with Gasteiger partial charge in [-0.05, 0) is 12.1 Å². The van der Waals surface area contributed by atoms with Crippen molar-refractivity contribution >= 4 is 0 Å². The zero-order valence-corrected chi connectivity index (χ0v) is 9.97. The molecular weight excluding hydrogens is 235 g/mol. The molecule has 1 unspecified atom stereocenters. The molecule has 18 heavy (non-hydrogen) atoms. The molecule has 1 N–H and O–H groups in total. The SMILES string of the molecule is N#Cc1ccc(CN2CCOCC2CO)c(F)c1. The van der Waals surface area contributed by atoms with Gasteiger partial charge in [0.05, 0.1) is 37.5 Å². The Hall–Kier alpha value is -1.48. The first kappa shape index (κ1) is 13.0. The van der Waals surface area contributed by atoms with Gasteiger partial charge >= 0.3 is 0 Å². The molecule has 5 heteroatoms. The monoisotopic (exact) mass is 250 g/mol. The van der Waals surface area contributed by atoms with E-state index in [-0.39, 0.29) is 18.5 Å². The van der Waals surface area contributed by atoms with Gasteiger partial charge in [0.15, 0.2) is 0 Å². The highest BCUT2D eigenvalue weighted by atomic mass is 19.1. The predicted octanol–water partition coefficient (Wildman–Crippen LogP) is 0.890. The molecule has 0 radical (unpaired) electrons. The van der Waals surface area contributed by atoms with E-state index in [1.54, 1.807) is 12.1 Å². The van der Waals surface area contributed by atoms with E-state index in [1.165, 1.54) is 6.07 Å². The average Bonchev–Trinajstić information content (AvgIpc) is 2.41. The topological polar surface area (TPSA) is 56.5 Å². The number of halogens is 1. The summed E-state index contributed by atoms with van der Waals surface area (Å²) in [4.78, 5) is 1.99. The molecule has 0 saturated carbocycles. The summed E-state index contributed by atoms with van der Waals surface area (Å²) >= 11 is 0. The van der Waals surface area contributed by atoms with Crippen molar-refractivity contribution in [3.8, 4) is 6.07 Å². The number of nitriles is 1. The third-order valence-electron chi connectivity index (χ3n) is 3.12. The van der Waals surface area contributed by atoms with Crippen LogP contribution in [0, 0.1) is 17.1 Å². The predicted molar refractivity (Wildman–Crippen MR) is 63.2 cm³/mol. The summed E-state index contributed by atoms with van der Waals surface area (Å²) in [7, 11) is 0. The first-order valence-electron chi connectivity index (χ1n) is 5.85. The molecular formula is C13H15FN2O2. The quantitative estimate of drug-likeness (QED) is 0.865. The van der Waals surface area contributed by atoms with E-state index in [0.717, 1.165) is 0 Å². The Bertz CT molecular complexity index is 459. The van der Waals surface area contributed by atoms with Crippen molar-refractivity contribution in [2.45, 2.75) is 12.6 Å². The van der Waals surface area contributed by atoms with Crippen LogP contribution in [0.1, 0.15) is 11.1 Å². The Morgan fingerprint density at radius 2 is 2.39 bits per heavy atom. The lowest BCUT2D eigenvalue weighted by Gasteiger charge is -2.34. The molecule has 0 amide bonds. The first-order chi connectivity index (χ1) is 8.74. The van der Waals surface area contributed by atoms with Crippen LogP contribution in [0.25, 0.3) is 0 Å². The van der Waals surface area contributed by atoms with Gasteiger partial charge in [0.25, 0.3) is 0 Å². The van der Waals surface area contributed by atoms with Crippen LogP contribution in [-0.4, -0.2) is 42.4 Å². The van der Waals surface area contributed by atoms with Crippen molar-refractivity contribution in [2.24, 2.45) is 0 Å². The highest BCUT2D eigenvalue weighted by Crippen LogP contribution is 2.16. The Morgan fingerprint density at radius 3 is 3.06 bits per heavy atom. The standard InChI is InChI=1S/C13H15FN2O2/c14-13-5-10(6-15)1-2-11(13)7-16-3-4-18-9-12(16)8-17/h1-2,5,12,17H,3-4,7-9H2. The van der Waals surface area contributed by atoms with Gasteiger partial charge in [-0.25, -0.2) is 4.39 Å². The van der Waals surface area contributed by atoms with Crippen LogP contribution in [0.2, 0.25) is 0 Å². The molecule has 1 aliphatic rings. The molecule has 1 fully saturated rings. The average molecular weight is 250 g/mol. The van der Waals surface area contributed by atoms with Crippen molar-refractivity contribution in [3.63, 3.8) is 0 Å². The second-order valence-electron chi connectivity index (χ2n) is 4.30. The molecule has 0 aromatic heterocycles. The van der Waals surface area contributed by atoms with E-state index < -0.39 is 0 Å². The number of aliphatic hydroxyl groups excluding tert-OH is 1. The number of hydrogen-bond acceptors (Lipinski definition) is 4. The molecule has 96 valence electrons. The van der Waals surface area contributed by atoms with Crippen LogP contribution in [0.3, 0.4) is 0 Å². The van der Waals surface area contributed by atoms with E-state index in [9.17, 15) is 9.50 Å². The second-order valence-corrected chi connectivity index (χ2v) is 4.30. The third kappa shape index (κ3) is 2.85. The largest absolute Gasteiger partial charge is 0.395 e. The molecule has 1 aromatic rings. The summed E-state index contributed by atoms with van der Waals surface area (Å²) in [5, 5.41) is 17.9. The lowest BCUT2D eigenvalue weighted by molar-refractivity contribution is -0.0316. The summed E-state index contributed by atoms with van der Waals surface area (Å²) < 4.78 is 19.0. The highest BCUT2D eigenvalue weighted by Gasteiger charge is 2.23. The van der Waals surface area contributed by atoms with E-state index in [2.05, 4.69) is 0 Å². The van der Waals surface area contributed by atoms with Gasteiger partial charge in [0, 0.05) is 18.7 Å². The molecule has 4 nitrogen and oxygen atoms in total. The van der Waals surface area contributed by atoms with Crippen molar-refractivity contribution in [2.75, 3.05) is 26.4 Å². The molecule has 2 rings (SSSR count). The molecule has 0 bridgehead atoms. The van der Waals surface area contributed by atoms with Crippen molar-refractivity contribution < 1.29 is 14.2 Å². The maximum absolute atomic E-state index is 13.8. The highest BCUT2D eigenvalue weighted by molar-refractivity contribution is 5.32. The lowest BCUT2D eigenvalue weighted by Crippen LogP contribution is -2.46. The lowest BCUT2D eigenvalue weighted by atomic mass is 10.1. The maximum Gasteiger partial charge on any atom is 0.129 e. The molecule has 0 spiro atoms. The first-order valence-corrected chi connectivity index (χ1v) is 5.85. The summed E-state index contributed by atoms with van der Waals surface area (Å²) in [6.07, 6.45) is 0. The van der Waals surface area contributed by atoms with Gasteiger partial charge in [-0.15, -0.1) is 0 Å². The van der Waals surface area contributed by atoms with Crippen LogP contribution < -0.4 is 0 Å². The molecule has 1 aromatic carbocycles. The number of rotatable bonds is 3. The van der Waals surface area contributed by atoms with Gasteiger partial charge in [-0.2, -0.15) is 5.26 Å². The van der Waals surface area contributed by atoms with Crippen LogP contribution in [-0.2, 0) is 11.3 Å². The fourth-order valence-corrected chi connectivity index (χ4v) is 2.03.